The SMILES string of the molecule is O=[N+]([O-])c1cccc2nc(S(=O)(=O)c3ccccc3F)ccc12. The molecule has 0 unspecified atom stereocenters. The molecule has 3 aromatic rings. The standard InChI is InChI=1S/C15H9FN2O4S/c16-11-4-1-2-7-14(11)23(21,22)15-9-8-10-12(17-15)5-3-6-13(10)18(19)20/h1-9H. The van der Waals surface area contributed by atoms with Crippen molar-refractivity contribution in [2.24, 2.45) is 0 Å². The van der Waals surface area contributed by atoms with Gasteiger partial charge >= 0.3 is 0 Å². The highest BCUT2D eigenvalue weighted by atomic mass is 32.2. The Morgan fingerprint density at radius 1 is 1.00 bits per heavy atom. The van der Waals surface area contributed by atoms with E-state index in [-0.39, 0.29) is 21.6 Å². The fourth-order valence-corrected chi connectivity index (χ4v) is 3.48. The topological polar surface area (TPSA) is 90.2 Å². The van der Waals surface area contributed by atoms with Crippen LogP contribution in [0, 0.1) is 15.9 Å². The second-order valence-electron chi connectivity index (χ2n) is 4.68. The van der Waals surface area contributed by atoms with E-state index in [4.69, 9.17) is 0 Å². The van der Waals surface area contributed by atoms with Crippen LogP contribution < -0.4 is 0 Å². The molecule has 3 rings (SSSR count). The van der Waals surface area contributed by atoms with Crippen molar-refractivity contribution >= 4 is 26.4 Å². The number of sulfone groups is 1. The molecule has 0 fully saturated rings. The molecule has 0 spiro atoms. The van der Waals surface area contributed by atoms with Crippen LogP contribution in [0.15, 0.2) is 64.5 Å². The minimum absolute atomic E-state index is 0.150. The fourth-order valence-electron chi connectivity index (χ4n) is 2.20. The molecule has 0 amide bonds. The lowest BCUT2D eigenvalue weighted by Gasteiger charge is -2.06. The summed E-state index contributed by atoms with van der Waals surface area (Å²) in [7, 11) is -4.15. The zero-order valence-electron chi connectivity index (χ0n) is 11.5. The van der Waals surface area contributed by atoms with Crippen molar-refractivity contribution < 1.29 is 17.7 Å². The largest absolute Gasteiger partial charge is 0.278 e. The number of pyridine rings is 1. The number of hydrogen-bond donors (Lipinski definition) is 0. The van der Waals surface area contributed by atoms with E-state index in [1.165, 1.54) is 36.4 Å². The molecule has 8 heteroatoms. The summed E-state index contributed by atoms with van der Waals surface area (Å²) in [5.74, 6) is -0.881. The number of fused-ring (bicyclic) bond motifs is 1. The van der Waals surface area contributed by atoms with Crippen LogP contribution in [0.25, 0.3) is 10.9 Å². The number of halogens is 1. The van der Waals surface area contributed by atoms with Gasteiger partial charge in [0.25, 0.3) is 5.69 Å². The predicted molar refractivity (Wildman–Crippen MR) is 80.2 cm³/mol. The Balaban J connectivity index is 2.22. The lowest BCUT2D eigenvalue weighted by molar-refractivity contribution is -0.383. The molecule has 2 aromatic carbocycles. The van der Waals surface area contributed by atoms with Crippen LogP contribution in [0.4, 0.5) is 10.1 Å². The summed E-state index contributed by atoms with van der Waals surface area (Å²) < 4.78 is 38.7. The Morgan fingerprint density at radius 3 is 2.43 bits per heavy atom. The van der Waals surface area contributed by atoms with Crippen molar-refractivity contribution in [2.75, 3.05) is 0 Å². The van der Waals surface area contributed by atoms with Gasteiger partial charge in [-0.2, -0.15) is 0 Å². The second-order valence-corrected chi connectivity index (χ2v) is 6.55. The van der Waals surface area contributed by atoms with Crippen LogP contribution >= 0.6 is 0 Å². The minimum atomic E-state index is -4.15. The van der Waals surface area contributed by atoms with Gasteiger partial charge in [0.05, 0.1) is 15.8 Å². The molecule has 0 atom stereocenters. The highest BCUT2D eigenvalue weighted by Crippen LogP contribution is 2.28. The summed E-state index contributed by atoms with van der Waals surface area (Å²) in [5.41, 5.74) is -0.0264. The Kier molecular flexibility index (Phi) is 3.53. The summed E-state index contributed by atoms with van der Waals surface area (Å²) in [4.78, 5) is 13.9. The van der Waals surface area contributed by atoms with Crippen LogP contribution in [0.2, 0.25) is 0 Å². The van der Waals surface area contributed by atoms with Gasteiger partial charge in [-0.1, -0.05) is 18.2 Å². The van der Waals surface area contributed by atoms with Crippen molar-refractivity contribution in [3.05, 3.63) is 70.5 Å². The monoisotopic (exact) mass is 332 g/mol. The number of nitro benzene ring substituents is 1. The van der Waals surface area contributed by atoms with Gasteiger partial charge in [-0.15, -0.1) is 0 Å². The second kappa shape index (κ2) is 5.40. The molecule has 0 radical (unpaired) electrons. The Bertz CT molecular complexity index is 1030. The third kappa shape index (κ3) is 2.53. The van der Waals surface area contributed by atoms with Crippen LogP contribution in [-0.2, 0) is 9.84 Å². The molecule has 0 aliphatic rings. The lowest BCUT2D eigenvalue weighted by atomic mass is 10.2. The molecule has 0 aliphatic carbocycles. The zero-order chi connectivity index (χ0) is 16.6. The highest BCUT2D eigenvalue weighted by Gasteiger charge is 2.24. The lowest BCUT2D eigenvalue weighted by Crippen LogP contribution is -2.07. The summed E-state index contributed by atoms with van der Waals surface area (Å²) in [6.45, 7) is 0. The van der Waals surface area contributed by atoms with Crippen LogP contribution in [0.5, 0.6) is 0 Å². The van der Waals surface area contributed by atoms with Gasteiger partial charge in [0.1, 0.15) is 10.7 Å². The van der Waals surface area contributed by atoms with E-state index >= 15 is 0 Å². The number of aromatic nitrogens is 1. The van der Waals surface area contributed by atoms with Gasteiger partial charge in [-0.25, -0.2) is 17.8 Å². The first-order chi connectivity index (χ1) is 10.9. The van der Waals surface area contributed by atoms with Gasteiger partial charge in [0, 0.05) is 6.07 Å². The maximum atomic E-state index is 13.8. The van der Waals surface area contributed by atoms with E-state index in [1.807, 2.05) is 0 Å². The van der Waals surface area contributed by atoms with Crippen molar-refractivity contribution in [3.63, 3.8) is 0 Å². The maximum Gasteiger partial charge on any atom is 0.278 e. The summed E-state index contributed by atoms with van der Waals surface area (Å²) in [5, 5.41) is 10.8. The molecular formula is C15H9FN2O4S. The van der Waals surface area contributed by atoms with Gasteiger partial charge in [0.2, 0.25) is 9.84 Å². The van der Waals surface area contributed by atoms with Crippen LogP contribution in [0.3, 0.4) is 0 Å². The van der Waals surface area contributed by atoms with Gasteiger partial charge in [-0.05, 0) is 30.3 Å². The highest BCUT2D eigenvalue weighted by molar-refractivity contribution is 7.91. The molecule has 0 saturated carbocycles. The number of benzene rings is 2. The third-order valence-electron chi connectivity index (χ3n) is 3.28. The van der Waals surface area contributed by atoms with E-state index in [1.54, 1.807) is 0 Å². The first-order valence-electron chi connectivity index (χ1n) is 6.45. The Hall–Kier alpha value is -2.87. The summed E-state index contributed by atoms with van der Waals surface area (Å²) in [6, 6.07) is 11.6. The Labute approximate surface area is 130 Å². The van der Waals surface area contributed by atoms with Crippen molar-refractivity contribution in [1.82, 2.24) is 4.98 Å². The summed E-state index contributed by atoms with van der Waals surface area (Å²) >= 11 is 0. The minimum Gasteiger partial charge on any atom is -0.258 e. The molecule has 23 heavy (non-hydrogen) atoms. The van der Waals surface area contributed by atoms with Gasteiger partial charge in [-0.3, -0.25) is 10.1 Å². The van der Waals surface area contributed by atoms with Crippen molar-refractivity contribution in [2.45, 2.75) is 9.92 Å². The van der Waals surface area contributed by atoms with Crippen LogP contribution in [-0.4, -0.2) is 18.3 Å². The zero-order valence-corrected chi connectivity index (χ0v) is 12.3. The molecule has 0 aliphatic heterocycles. The molecule has 116 valence electrons. The maximum absolute atomic E-state index is 13.8. The van der Waals surface area contributed by atoms with E-state index in [2.05, 4.69) is 4.98 Å². The average Bonchev–Trinajstić information content (AvgIpc) is 2.53. The van der Waals surface area contributed by atoms with E-state index in [0.29, 0.717) is 0 Å². The fraction of sp³-hybridized carbons (Fsp3) is 0. The molecule has 0 saturated heterocycles. The van der Waals surface area contributed by atoms with Crippen LogP contribution in [0.1, 0.15) is 0 Å². The molecule has 0 N–H and O–H groups in total. The number of non-ortho nitro benzene ring substituents is 1. The smallest absolute Gasteiger partial charge is 0.258 e. The van der Waals surface area contributed by atoms with Crippen molar-refractivity contribution in [1.29, 1.82) is 0 Å². The van der Waals surface area contributed by atoms with E-state index in [9.17, 15) is 22.9 Å². The molecule has 6 nitrogen and oxygen atoms in total. The van der Waals surface area contributed by atoms with Gasteiger partial charge in [0.15, 0.2) is 5.03 Å². The quantitative estimate of drug-likeness (QED) is 0.543. The molecular weight excluding hydrogens is 323 g/mol. The van der Waals surface area contributed by atoms with E-state index in [0.717, 1.165) is 18.2 Å². The first kappa shape index (κ1) is 15.0. The third-order valence-corrected chi connectivity index (χ3v) is 4.97. The predicted octanol–water partition coefficient (Wildman–Crippen LogP) is 3.11. The Morgan fingerprint density at radius 2 is 1.74 bits per heavy atom. The normalized spacial score (nSPS) is 11.5. The first-order valence-corrected chi connectivity index (χ1v) is 7.93. The van der Waals surface area contributed by atoms with E-state index < -0.39 is 25.5 Å². The number of hydrogen-bond acceptors (Lipinski definition) is 5. The molecule has 0 bridgehead atoms. The van der Waals surface area contributed by atoms with Crippen molar-refractivity contribution in [3.8, 4) is 0 Å². The summed E-state index contributed by atoms with van der Waals surface area (Å²) in [6.07, 6.45) is 0. The number of rotatable bonds is 3. The average molecular weight is 332 g/mol. The van der Waals surface area contributed by atoms with Gasteiger partial charge < -0.3 is 0 Å². The molecule has 1 heterocycles. The number of nitrogens with zero attached hydrogens (tertiary/aromatic N) is 2. The number of nitro groups is 1. The molecule has 1 aromatic heterocycles.